The Morgan fingerprint density at radius 3 is 3.06 bits per heavy atom. The number of thioether (sulfide) groups is 1. The maximum Gasteiger partial charge on any atom is 0.0587 e. The number of ether oxygens (including phenoxy) is 1. The largest absolute Gasteiger partial charge is 0.383 e. The summed E-state index contributed by atoms with van der Waals surface area (Å²) in [6.07, 6.45) is 5.49. The second-order valence-corrected chi connectivity index (χ2v) is 6.33. The molecular formula is C14H30N2OS. The van der Waals surface area contributed by atoms with Crippen LogP contribution in [0.3, 0.4) is 0 Å². The third-order valence-electron chi connectivity index (χ3n) is 3.55. The number of hydrogen-bond donors (Lipinski definition) is 1. The zero-order valence-corrected chi connectivity index (χ0v) is 12.9. The Balaban J connectivity index is 2.15. The van der Waals surface area contributed by atoms with E-state index in [1.165, 1.54) is 50.3 Å². The van der Waals surface area contributed by atoms with E-state index in [-0.39, 0.29) is 0 Å². The molecule has 0 aromatic heterocycles. The lowest BCUT2D eigenvalue weighted by atomic mass is 10.0. The van der Waals surface area contributed by atoms with Gasteiger partial charge in [-0.1, -0.05) is 13.3 Å². The molecule has 1 atom stereocenters. The van der Waals surface area contributed by atoms with Gasteiger partial charge in [0.05, 0.1) is 6.61 Å². The first-order chi connectivity index (χ1) is 8.88. The molecule has 0 spiro atoms. The fourth-order valence-corrected chi connectivity index (χ4v) is 3.16. The zero-order chi connectivity index (χ0) is 13.1. The van der Waals surface area contributed by atoms with Crippen LogP contribution in [0.5, 0.6) is 0 Å². The van der Waals surface area contributed by atoms with Crippen LogP contribution < -0.4 is 5.32 Å². The normalized spacial score (nSPS) is 21.3. The van der Waals surface area contributed by atoms with Crippen molar-refractivity contribution in [3.8, 4) is 0 Å². The minimum absolute atomic E-state index is 0.752. The van der Waals surface area contributed by atoms with E-state index in [0.29, 0.717) is 0 Å². The van der Waals surface area contributed by atoms with Crippen LogP contribution in [-0.2, 0) is 4.74 Å². The molecule has 0 saturated carbocycles. The lowest BCUT2D eigenvalue weighted by molar-refractivity contribution is 0.141. The van der Waals surface area contributed by atoms with Gasteiger partial charge in [0, 0.05) is 26.2 Å². The highest BCUT2D eigenvalue weighted by atomic mass is 32.2. The average Bonchev–Trinajstić information content (AvgIpc) is 2.41. The maximum absolute atomic E-state index is 5.07. The summed E-state index contributed by atoms with van der Waals surface area (Å²) in [5.74, 6) is 2.57. The third-order valence-corrected chi connectivity index (χ3v) is 4.54. The third kappa shape index (κ3) is 6.98. The molecule has 1 heterocycles. The number of methoxy groups -OCH3 is 1. The summed E-state index contributed by atoms with van der Waals surface area (Å²) in [4.78, 5) is 2.69. The van der Waals surface area contributed by atoms with Gasteiger partial charge in [0.2, 0.25) is 0 Å². The van der Waals surface area contributed by atoms with Gasteiger partial charge in [-0.05, 0) is 43.9 Å². The first-order valence-corrected chi connectivity index (χ1v) is 8.55. The summed E-state index contributed by atoms with van der Waals surface area (Å²) in [7, 11) is 1.76. The zero-order valence-electron chi connectivity index (χ0n) is 12.1. The number of hydrogen-bond acceptors (Lipinski definition) is 4. The molecule has 1 aliphatic heterocycles. The van der Waals surface area contributed by atoms with Gasteiger partial charge in [-0.3, -0.25) is 4.90 Å². The van der Waals surface area contributed by atoms with E-state index < -0.39 is 0 Å². The van der Waals surface area contributed by atoms with Crippen LogP contribution in [0, 0.1) is 0 Å². The van der Waals surface area contributed by atoms with Gasteiger partial charge >= 0.3 is 0 Å². The van der Waals surface area contributed by atoms with Gasteiger partial charge in [-0.25, -0.2) is 0 Å². The van der Waals surface area contributed by atoms with E-state index in [2.05, 4.69) is 28.9 Å². The van der Waals surface area contributed by atoms with Crippen molar-refractivity contribution < 1.29 is 4.74 Å². The molecule has 1 rings (SSSR count). The van der Waals surface area contributed by atoms with Crippen molar-refractivity contribution in [1.82, 2.24) is 10.2 Å². The summed E-state index contributed by atoms with van der Waals surface area (Å²) in [6, 6.07) is 0.752. The Kier molecular flexibility index (Phi) is 10.0. The first kappa shape index (κ1) is 16.3. The molecule has 0 amide bonds. The Morgan fingerprint density at radius 2 is 2.28 bits per heavy atom. The van der Waals surface area contributed by atoms with Crippen molar-refractivity contribution in [1.29, 1.82) is 0 Å². The van der Waals surface area contributed by atoms with Gasteiger partial charge in [0.1, 0.15) is 0 Å². The molecule has 1 N–H and O–H groups in total. The van der Waals surface area contributed by atoms with Gasteiger partial charge in [0.15, 0.2) is 0 Å². The van der Waals surface area contributed by atoms with E-state index in [1.54, 1.807) is 7.11 Å². The molecule has 1 unspecified atom stereocenters. The Hall–Kier alpha value is 0.230. The fraction of sp³-hybridized carbons (Fsp3) is 1.00. The van der Waals surface area contributed by atoms with Crippen LogP contribution >= 0.6 is 11.8 Å². The minimum Gasteiger partial charge on any atom is -0.383 e. The Labute approximate surface area is 117 Å². The lowest BCUT2D eigenvalue weighted by Gasteiger charge is -2.36. The van der Waals surface area contributed by atoms with E-state index in [1.807, 2.05) is 0 Å². The van der Waals surface area contributed by atoms with Crippen LogP contribution in [0.25, 0.3) is 0 Å². The molecule has 1 saturated heterocycles. The van der Waals surface area contributed by atoms with E-state index >= 15 is 0 Å². The second kappa shape index (κ2) is 11.1. The maximum atomic E-state index is 5.07. The average molecular weight is 274 g/mol. The molecule has 1 fully saturated rings. The number of likely N-dealkylation sites (tertiary alicyclic amines) is 1. The van der Waals surface area contributed by atoms with E-state index in [4.69, 9.17) is 4.74 Å². The molecule has 1 aliphatic rings. The summed E-state index contributed by atoms with van der Waals surface area (Å²) < 4.78 is 5.07. The van der Waals surface area contributed by atoms with Gasteiger partial charge in [-0.15, -0.1) is 0 Å². The molecule has 0 bridgehead atoms. The number of nitrogens with zero attached hydrogens (tertiary/aromatic N) is 1. The van der Waals surface area contributed by atoms with Gasteiger partial charge in [-0.2, -0.15) is 11.8 Å². The minimum atomic E-state index is 0.752. The van der Waals surface area contributed by atoms with Crippen LogP contribution in [0.1, 0.15) is 32.6 Å². The number of rotatable bonds is 10. The van der Waals surface area contributed by atoms with Crippen molar-refractivity contribution in [3.05, 3.63) is 0 Å². The van der Waals surface area contributed by atoms with Crippen molar-refractivity contribution in [2.75, 3.05) is 51.4 Å². The predicted molar refractivity (Wildman–Crippen MR) is 81.6 cm³/mol. The molecule has 0 radical (unpaired) electrons. The summed E-state index contributed by atoms with van der Waals surface area (Å²) >= 11 is 2.06. The van der Waals surface area contributed by atoms with Crippen LogP contribution in [0.2, 0.25) is 0 Å². The SMILES string of the molecule is CCSCCCN1CCCCC1CNCCOC. The van der Waals surface area contributed by atoms with Crippen LogP contribution in [-0.4, -0.2) is 62.3 Å². The van der Waals surface area contributed by atoms with Gasteiger partial charge in [0.25, 0.3) is 0 Å². The van der Waals surface area contributed by atoms with E-state index in [0.717, 1.165) is 25.7 Å². The second-order valence-electron chi connectivity index (χ2n) is 4.93. The highest BCUT2D eigenvalue weighted by Gasteiger charge is 2.21. The topological polar surface area (TPSA) is 24.5 Å². The summed E-state index contributed by atoms with van der Waals surface area (Å²) in [6.45, 7) is 7.75. The lowest BCUT2D eigenvalue weighted by Crippen LogP contribution is -2.46. The summed E-state index contributed by atoms with van der Waals surface area (Å²) in [5.41, 5.74) is 0. The Bertz CT molecular complexity index is 173. The predicted octanol–water partition coefficient (Wildman–Crippen LogP) is 2.22. The van der Waals surface area contributed by atoms with Crippen molar-refractivity contribution in [2.45, 2.75) is 38.6 Å². The summed E-state index contributed by atoms with van der Waals surface area (Å²) in [5, 5.41) is 3.52. The number of piperidine rings is 1. The van der Waals surface area contributed by atoms with Crippen LogP contribution in [0.15, 0.2) is 0 Å². The Morgan fingerprint density at radius 1 is 1.39 bits per heavy atom. The molecule has 4 heteroatoms. The number of nitrogens with one attached hydrogen (secondary N) is 1. The quantitative estimate of drug-likeness (QED) is 0.617. The highest BCUT2D eigenvalue weighted by Crippen LogP contribution is 2.17. The monoisotopic (exact) mass is 274 g/mol. The fourth-order valence-electron chi connectivity index (χ4n) is 2.54. The van der Waals surface area contributed by atoms with Crippen molar-refractivity contribution in [2.24, 2.45) is 0 Å². The standard InChI is InChI=1S/C14H30N2OS/c1-3-18-12-6-10-16-9-5-4-7-14(16)13-15-8-11-17-2/h14-15H,3-13H2,1-2H3. The molecule has 18 heavy (non-hydrogen) atoms. The van der Waals surface area contributed by atoms with E-state index in [9.17, 15) is 0 Å². The molecule has 0 aromatic carbocycles. The van der Waals surface area contributed by atoms with Crippen LogP contribution in [0.4, 0.5) is 0 Å². The van der Waals surface area contributed by atoms with Crippen molar-refractivity contribution >= 4 is 11.8 Å². The molecular weight excluding hydrogens is 244 g/mol. The van der Waals surface area contributed by atoms with Crippen molar-refractivity contribution in [3.63, 3.8) is 0 Å². The van der Waals surface area contributed by atoms with Gasteiger partial charge < -0.3 is 10.1 Å². The smallest absolute Gasteiger partial charge is 0.0587 e. The first-order valence-electron chi connectivity index (χ1n) is 7.40. The molecule has 0 aromatic rings. The molecule has 108 valence electrons. The molecule has 3 nitrogen and oxygen atoms in total. The highest BCUT2D eigenvalue weighted by molar-refractivity contribution is 7.99. The molecule has 0 aliphatic carbocycles.